The summed E-state index contributed by atoms with van der Waals surface area (Å²) in [6, 6.07) is 9.84. The van der Waals surface area contributed by atoms with Gasteiger partial charge in [-0.15, -0.1) is 0 Å². The van der Waals surface area contributed by atoms with E-state index in [9.17, 15) is 24.0 Å². The molecule has 0 radical (unpaired) electrons. The average Bonchev–Trinajstić information content (AvgIpc) is 3.46. The largest absolute Gasteiger partial charge is 0.467 e. The fourth-order valence-electron chi connectivity index (χ4n) is 4.88. The third-order valence-corrected chi connectivity index (χ3v) is 7.07. The van der Waals surface area contributed by atoms with E-state index in [1.807, 2.05) is 30.3 Å². The number of pyridine rings is 1. The van der Waals surface area contributed by atoms with E-state index in [0.29, 0.717) is 19.4 Å². The molecule has 12 nitrogen and oxygen atoms in total. The molecule has 4 amide bonds. The number of rotatable bonds is 11. The monoisotopic (exact) mass is 609 g/mol. The van der Waals surface area contributed by atoms with Crippen molar-refractivity contribution in [2.45, 2.75) is 89.6 Å². The number of nitrogens with zero attached hydrogens (tertiary/aromatic N) is 2. The van der Waals surface area contributed by atoms with Gasteiger partial charge in [0.15, 0.2) is 0 Å². The van der Waals surface area contributed by atoms with Gasteiger partial charge in [-0.1, -0.05) is 36.4 Å². The molecule has 0 aliphatic carbocycles. The van der Waals surface area contributed by atoms with Gasteiger partial charge in [-0.25, -0.2) is 9.59 Å². The summed E-state index contributed by atoms with van der Waals surface area (Å²) in [4.78, 5) is 71.3. The van der Waals surface area contributed by atoms with Crippen LogP contribution < -0.4 is 16.0 Å². The molecule has 1 aromatic heterocycles. The third-order valence-electron chi connectivity index (χ3n) is 7.07. The Bertz CT molecular complexity index is 1310. The van der Waals surface area contributed by atoms with Crippen LogP contribution in [-0.2, 0) is 41.5 Å². The number of hydrogen-bond acceptors (Lipinski definition) is 8. The van der Waals surface area contributed by atoms with Crippen LogP contribution in [0.2, 0.25) is 0 Å². The maximum Gasteiger partial charge on any atom is 0.408 e. The second kappa shape index (κ2) is 14.8. The number of carbonyl (C=O) groups is 5. The average molecular weight is 610 g/mol. The number of aromatic nitrogens is 1. The van der Waals surface area contributed by atoms with Gasteiger partial charge >= 0.3 is 12.1 Å². The Morgan fingerprint density at radius 1 is 0.932 bits per heavy atom. The van der Waals surface area contributed by atoms with Gasteiger partial charge in [0.2, 0.25) is 17.7 Å². The molecule has 238 valence electrons. The van der Waals surface area contributed by atoms with Gasteiger partial charge in [0.1, 0.15) is 29.3 Å². The van der Waals surface area contributed by atoms with Crippen LogP contribution in [0.1, 0.15) is 58.6 Å². The number of likely N-dealkylation sites (tertiary alicyclic amines) is 1. The first-order chi connectivity index (χ1) is 20.7. The van der Waals surface area contributed by atoms with Crippen molar-refractivity contribution in [3.8, 4) is 0 Å². The van der Waals surface area contributed by atoms with Crippen molar-refractivity contribution in [1.82, 2.24) is 25.8 Å². The van der Waals surface area contributed by atoms with Gasteiger partial charge in [0.25, 0.3) is 0 Å². The van der Waals surface area contributed by atoms with Crippen molar-refractivity contribution >= 4 is 29.8 Å². The highest BCUT2D eigenvalue weighted by Crippen LogP contribution is 2.21. The van der Waals surface area contributed by atoms with Crippen LogP contribution in [0.5, 0.6) is 0 Å². The molecule has 2 heterocycles. The zero-order chi connectivity index (χ0) is 32.5. The third kappa shape index (κ3) is 9.78. The lowest BCUT2D eigenvalue weighted by atomic mass is 10.00. The first kappa shape index (κ1) is 34.0. The molecule has 2 aromatic rings. The number of benzene rings is 1. The van der Waals surface area contributed by atoms with Crippen LogP contribution >= 0.6 is 0 Å². The van der Waals surface area contributed by atoms with E-state index in [-0.39, 0.29) is 12.8 Å². The Hall–Kier alpha value is -4.48. The Kier molecular flexibility index (Phi) is 11.4. The molecule has 0 spiro atoms. The molecule has 1 saturated heterocycles. The van der Waals surface area contributed by atoms with E-state index in [1.54, 1.807) is 45.3 Å². The maximum atomic E-state index is 13.8. The number of carbonyl (C=O) groups excluding carboxylic acids is 5. The number of ether oxygens (including phenoxy) is 2. The Morgan fingerprint density at radius 3 is 2.20 bits per heavy atom. The number of esters is 1. The van der Waals surface area contributed by atoms with Gasteiger partial charge in [-0.3, -0.25) is 19.4 Å². The molecule has 12 heteroatoms. The van der Waals surface area contributed by atoms with Crippen LogP contribution in [0.4, 0.5) is 4.79 Å². The molecule has 3 atom stereocenters. The number of methoxy groups -OCH3 is 1. The van der Waals surface area contributed by atoms with Crippen molar-refractivity contribution < 1.29 is 33.4 Å². The maximum absolute atomic E-state index is 13.8. The van der Waals surface area contributed by atoms with Crippen LogP contribution in [0, 0.1) is 0 Å². The lowest BCUT2D eigenvalue weighted by molar-refractivity contribution is -0.146. The van der Waals surface area contributed by atoms with Crippen molar-refractivity contribution in [2.75, 3.05) is 13.7 Å². The summed E-state index contributed by atoms with van der Waals surface area (Å²) in [5, 5.41) is 8.11. The van der Waals surface area contributed by atoms with E-state index in [1.165, 1.54) is 25.9 Å². The Balaban J connectivity index is 1.72. The highest BCUT2D eigenvalue weighted by molar-refractivity contribution is 5.96. The molecule has 1 aliphatic heterocycles. The lowest BCUT2D eigenvalue weighted by Crippen LogP contribution is -2.61. The Labute approximate surface area is 258 Å². The molecule has 1 aromatic carbocycles. The molecule has 1 aliphatic rings. The van der Waals surface area contributed by atoms with Crippen LogP contribution in [0.25, 0.3) is 0 Å². The van der Waals surface area contributed by atoms with Crippen molar-refractivity contribution in [3.05, 3.63) is 66.0 Å². The highest BCUT2D eigenvalue weighted by atomic mass is 16.6. The summed E-state index contributed by atoms with van der Waals surface area (Å²) in [6.45, 7) is 8.50. The zero-order valence-corrected chi connectivity index (χ0v) is 26.2. The van der Waals surface area contributed by atoms with Gasteiger partial charge < -0.3 is 30.3 Å². The van der Waals surface area contributed by atoms with E-state index < -0.39 is 59.0 Å². The fraction of sp³-hybridized carbons (Fsp3) is 0.500. The molecule has 3 N–H and O–H groups in total. The van der Waals surface area contributed by atoms with Gasteiger partial charge in [0.05, 0.1) is 7.11 Å². The minimum Gasteiger partial charge on any atom is -0.467 e. The summed E-state index contributed by atoms with van der Waals surface area (Å²) < 4.78 is 10.3. The lowest BCUT2D eigenvalue weighted by Gasteiger charge is -2.32. The van der Waals surface area contributed by atoms with Gasteiger partial charge in [0, 0.05) is 31.8 Å². The normalized spacial score (nSPS) is 16.3. The summed E-state index contributed by atoms with van der Waals surface area (Å²) in [5.41, 5.74) is -0.662. The second-order valence-corrected chi connectivity index (χ2v) is 12.3. The molecule has 3 rings (SSSR count). The van der Waals surface area contributed by atoms with Crippen molar-refractivity contribution in [3.63, 3.8) is 0 Å². The standard InChI is InChI=1S/C32H43N5O7/c1-31(2,3)44-30(42)35-23(19-22-14-10-16-33-20-22)27(39)37-17-11-15-25(37)26(38)36-32(4,5)29(41)34-24(28(40)43-6)18-21-12-8-7-9-13-21/h7-10,12-14,16,20,23-25H,11,15,17-19H2,1-6H3,(H,34,41)(H,35,42)(H,36,38)/t23-,24-,25-/m0/s1. The summed E-state index contributed by atoms with van der Waals surface area (Å²) >= 11 is 0. The van der Waals surface area contributed by atoms with Crippen LogP contribution in [-0.4, -0.2) is 82.6 Å². The minimum atomic E-state index is -1.43. The van der Waals surface area contributed by atoms with Crippen LogP contribution in [0.15, 0.2) is 54.9 Å². The molecule has 0 saturated carbocycles. The summed E-state index contributed by atoms with van der Waals surface area (Å²) in [5.74, 6) is -2.18. The molecule has 0 unspecified atom stereocenters. The van der Waals surface area contributed by atoms with Gasteiger partial charge in [-0.2, -0.15) is 0 Å². The van der Waals surface area contributed by atoms with E-state index in [4.69, 9.17) is 9.47 Å². The quantitative estimate of drug-likeness (QED) is 0.328. The van der Waals surface area contributed by atoms with E-state index in [2.05, 4.69) is 20.9 Å². The SMILES string of the molecule is COC(=O)[C@H](Cc1ccccc1)NC(=O)C(C)(C)NC(=O)[C@@H]1CCCN1C(=O)[C@H](Cc1cccnc1)NC(=O)OC(C)(C)C. The van der Waals surface area contributed by atoms with Crippen molar-refractivity contribution in [2.24, 2.45) is 0 Å². The zero-order valence-electron chi connectivity index (χ0n) is 26.2. The molecular formula is C32H43N5O7. The number of nitrogens with one attached hydrogen (secondary N) is 3. The summed E-state index contributed by atoms with van der Waals surface area (Å²) in [6.07, 6.45) is 3.73. The van der Waals surface area contributed by atoms with E-state index in [0.717, 1.165) is 11.1 Å². The van der Waals surface area contributed by atoms with Crippen molar-refractivity contribution in [1.29, 1.82) is 0 Å². The molecule has 1 fully saturated rings. The number of hydrogen-bond donors (Lipinski definition) is 3. The second-order valence-electron chi connectivity index (χ2n) is 12.3. The molecule has 44 heavy (non-hydrogen) atoms. The predicted octanol–water partition coefficient (Wildman–Crippen LogP) is 2.30. The molecule has 0 bridgehead atoms. The van der Waals surface area contributed by atoms with Gasteiger partial charge in [-0.05, 0) is 64.7 Å². The van der Waals surface area contributed by atoms with E-state index >= 15 is 0 Å². The fourth-order valence-corrected chi connectivity index (χ4v) is 4.88. The predicted molar refractivity (Wildman–Crippen MR) is 162 cm³/mol. The molecular weight excluding hydrogens is 566 g/mol. The summed E-state index contributed by atoms with van der Waals surface area (Å²) in [7, 11) is 1.24. The first-order valence-corrected chi connectivity index (χ1v) is 14.6. The number of alkyl carbamates (subject to hydrolysis) is 1. The Morgan fingerprint density at radius 2 is 1.59 bits per heavy atom. The minimum absolute atomic E-state index is 0.140. The van der Waals surface area contributed by atoms with Crippen LogP contribution in [0.3, 0.4) is 0 Å². The topological polar surface area (TPSA) is 156 Å². The first-order valence-electron chi connectivity index (χ1n) is 14.6. The smallest absolute Gasteiger partial charge is 0.408 e. The number of amides is 4. The highest BCUT2D eigenvalue weighted by Gasteiger charge is 2.41.